The van der Waals surface area contributed by atoms with Gasteiger partial charge in [0.05, 0.1) is 38.2 Å². The van der Waals surface area contributed by atoms with Crippen molar-refractivity contribution in [3.05, 3.63) is 41.7 Å². The van der Waals surface area contributed by atoms with Crippen LogP contribution in [-0.2, 0) is 11.4 Å². The molecule has 1 aromatic carbocycles. The number of urea groups is 1. The molecule has 2 rings (SSSR count). The standard InChI is InChI=1S/C17H25N5O3/c1-12-6-5-7-16(13(12)2)20-17(24)19-14-8-18-22(9-14)11-15(23)10-21(3)25-4/h5-9,15,23H,10-11H2,1-4H3,(H2,19,20,24)/t15-/m1/s1. The number of aryl methyl sites for hydroxylation is 1. The number of carbonyl (C=O) groups is 1. The number of rotatable bonds is 7. The van der Waals surface area contributed by atoms with E-state index < -0.39 is 6.10 Å². The molecule has 8 heteroatoms. The molecule has 2 aromatic rings. The van der Waals surface area contributed by atoms with Crippen molar-refractivity contribution in [1.29, 1.82) is 0 Å². The van der Waals surface area contributed by atoms with Gasteiger partial charge in [-0.3, -0.25) is 4.68 Å². The molecule has 0 aliphatic carbocycles. The molecule has 0 aliphatic heterocycles. The van der Waals surface area contributed by atoms with E-state index in [1.807, 2.05) is 32.0 Å². The molecule has 0 bridgehead atoms. The monoisotopic (exact) mass is 347 g/mol. The van der Waals surface area contributed by atoms with Crippen molar-refractivity contribution in [3.63, 3.8) is 0 Å². The summed E-state index contributed by atoms with van der Waals surface area (Å²) in [5.74, 6) is 0. The fourth-order valence-electron chi connectivity index (χ4n) is 2.34. The third-order valence-corrected chi connectivity index (χ3v) is 3.92. The van der Waals surface area contributed by atoms with Gasteiger partial charge in [0.15, 0.2) is 0 Å². The third kappa shape index (κ3) is 5.56. The molecule has 0 unspecified atom stereocenters. The summed E-state index contributed by atoms with van der Waals surface area (Å²) in [6.07, 6.45) is 2.56. The second kappa shape index (κ2) is 8.61. The fraction of sp³-hybridized carbons (Fsp3) is 0.412. The van der Waals surface area contributed by atoms with Gasteiger partial charge in [-0.1, -0.05) is 12.1 Å². The van der Waals surface area contributed by atoms with Gasteiger partial charge in [0.1, 0.15) is 0 Å². The first-order valence-electron chi connectivity index (χ1n) is 7.99. The van der Waals surface area contributed by atoms with Crippen LogP contribution in [0.25, 0.3) is 0 Å². The van der Waals surface area contributed by atoms with Gasteiger partial charge in [0.2, 0.25) is 0 Å². The molecule has 1 heterocycles. The van der Waals surface area contributed by atoms with E-state index >= 15 is 0 Å². The molecule has 1 aromatic heterocycles. The summed E-state index contributed by atoms with van der Waals surface area (Å²) >= 11 is 0. The van der Waals surface area contributed by atoms with Gasteiger partial charge in [-0.15, -0.1) is 0 Å². The molecular formula is C17H25N5O3. The van der Waals surface area contributed by atoms with Crippen molar-refractivity contribution >= 4 is 17.4 Å². The van der Waals surface area contributed by atoms with E-state index in [4.69, 9.17) is 4.84 Å². The lowest BCUT2D eigenvalue weighted by atomic mass is 10.1. The van der Waals surface area contributed by atoms with Gasteiger partial charge in [-0.2, -0.15) is 10.2 Å². The molecule has 136 valence electrons. The number of benzene rings is 1. The molecule has 3 N–H and O–H groups in total. The minimum absolute atomic E-state index is 0.300. The number of anilines is 2. The zero-order valence-electron chi connectivity index (χ0n) is 15.0. The van der Waals surface area contributed by atoms with E-state index in [1.54, 1.807) is 17.9 Å². The topological polar surface area (TPSA) is 91.7 Å². The number of carbonyl (C=O) groups excluding carboxylic acids is 1. The molecule has 0 aliphatic rings. The highest BCUT2D eigenvalue weighted by molar-refractivity contribution is 6.00. The van der Waals surface area contributed by atoms with Gasteiger partial charge in [-0.05, 0) is 31.0 Å². The van der Waals surface area contributed by atoms with Crippen LogP contribution in [0.1, 0.15) is 11.1 Å². The van der Waals surface area contributed by atoms with E-state index in [1.165, 1.54) is 18.4 Å². The Morgan fingerprint density at radius 1 is 1.40 bits per heavy atom. The summed E-state index contributed by atoms with van der Waals surface area (Å²) in [5, 5.41) is 21.2. The lowest BCUT2D eigenvalue weighted by Crippen LogP contribution is -2.31. The second-order valence-corrected chi connectivity index (χ2v) is 5.92. The highest BCUT2D eigenvalue weighted by Crippen LogP contribution is 2.18. The van der Waals surface area contributed by atoms with Crippen LogP contribution in [-0.4, -0.2) is 52.8 Å². The number of aromatic nitrogens is 2. The van der Waals surface area contributed by atoms with Gasteiger partial charge >= 0.3 is 6.03 Å². The Balaban J connectivity index is 1.90. The maximum Gasteiger partial charge on any atom is 0.323 e. The van der Waals surface area contributed by atoms with Crippen molar-refractivity contribution in [3.8, 4) is 0 Å². The fourth-order valence-corrected chi connectivity index (χ4v) is 2.34. The smallest absolute Gasteiger partial charge is 0.323 e. The van der Waals surface area contributed by atoms with Crippen LogP contribution in [0, 0.1) is 13.8 Å². The van der Waals surface area contributed by atoms with Crippen molar-refractivity contribution in [1.82, 2.24) is 14.8 Å². The highest BCUT2D eigenvalue weighted by Gasteiger charge is 2.11. The zero-order valence-corrected chi connectivity index (χ0v) is 15.0. The highest BCUT2D eigenvalue weighted by atomic mass is 16.7. The largest absolute Gasteiger partial charge is 0.390 e. The van der Waals surface area contributed by atoms with Crippen LogP contribution >= 0.6 is 0 Å². The molecule has 0 radical (unpaired) electrons. The summed E-state index contributed by atoms with van der Waals surface area (Å²) in [4.78, 5) is 17.1. The number of nitrogens with one attached hydrogen (secondary N) is 2. The van der Waals surface area contributed by atoms with E-state index in [0.29, 0.717) is 18.8 Å². The lowest BCUT2D eigenvalue weighted by Gasteiger charge is -2.17. The van der Waals surface area contributed by atoms with Gasteiger partial charge in [0.25, 0.3) is 0 Å². The maximum absolute atomic E-state index is 12.1. The Hall–Kier alpha value is -2.42. The number of nitrogens with zero attached hydrogens (tertiary/aromatic N) is 3. The van der Waals surface area contributed by atoms with Gasteiger partial charge in [-0.25, -0.2) is 4.79 Å². The van der Waals surface area contributed by atoms with Crippen LogP contribution in [0.15, 0.2) is 30.6 Å². The first-order valence-corrected chi connectivity index (χ1v) is 7.99. The molecule has 0 saturated heterocycles. The predicted octanol–water partition coefficient (Wildman–Crippen LogP) is 2.00. The average molecular weight is 347 g/mol. The SMILES string of the molecule is CON(C)C[C@@H](O)Cn1cc(NC(=O)Nc2cccc(C)c2C)cn1. The molecule has 0 spiro atoms. The van der Waals surface area contributed by atoms with Crippen molar-refractivity contribution in [2.75, 3.05) is 31.3 Å². The summed E-state index contributed by atoms with van der Waals surface area (Å²) in [7, 11) is 3.27. The van der Waals surface area contributed by atoms with Crippen molar-refractivity contribution in [2.45, 2.75) is 26.5 Å². The Morgan fingerprint density at radius 3 is 2.88 bits per heavy atom. The minimum Gasteiger partial charge on any atom is -0.390 e. The van der Waals surface area contributed by atoms with Crippen molar-refractivity contribution in [2.24, 2.45) is 0 Å². The molecule has 0 saturated carbocycles. The Labute approximate surface area is 147 Å². The lowest BCUT2D eigenvalue weighted by molar-refractivity contribution is -0.129. The molecule has 1 atom stereocenters. The summed E-state index contributed by atoms with van der Waals surface area (Å²) in [6, 6.07) is 5.41. The Kier molecular flexibility index (Phi) is 6.51. The van der Waals surface area contributed by atoms with Crippen LogP contribution in [0.3, 0.4) is 0 Å². The number of hydrogen-bond acceptors (Lipinski definition) is 5. The first-order chi connectivity index (χ1) is 11.9. The van der Waals surface area contributed by atoms with E-state index in [2.05, 4.69) is 15.7 Å². The molecule has 0 fully saturated rings. The summed E-state index contributed by atoms with van der Waals surface area (Å²) in [5.41, 5.74) is 3.46. The number of hydrogen-bond donors (Lipinski definition) is 3. The Bertz CT molecular complexity index is 716. The molecule has 8 nitrogen and oxygen atoms in total. The number of aliphatic hydroxyl groups is 1. The number of likely N-dealkylation sites (N-methyl/N-ethyl adjacent to an activating group) is 1. The first kappa shape index (κ1) is 18.9. The van der Waals surface area contributed by atoms with Crippen LogP contribution in [0.4, 0.5) is 16.2 Å². The molecule has 2 amide bonds. The van der Waals surface area contributed by atoms with E-state index in [9.17, 15) is 9.90 Å². The quantitative estimate of drug-likeness (QED) is 0.666. The number of amides is 2. The van der Waals surface area contributed by atoms with Crippen LogP contribution in [0.5, 0.6) is 0 Å². The van der Waals surface area contributed by atoms with Crippen LogP contribution < -0.4 is 10.6 Å². The van der Waals surface area contributed by atoms with Gasteiger partial charge in [0, 0.05) is 18.9 Å². The zero-order chi connectivity index (χ0) is 18.4. The summed E-state index contributed by atoms with van der Waals surface area (Å²) in [6.45, 7) is 4.61. The number of aliphatic hydroxyl groups excluding tert-OH is 1. The average Bonchev–Trinajstić information content (AvgIpc) is 2.98. The predicted molar refractivity (Wildman–Crippen MR) is 96.4 cm³/mol. The van der Waals surface area contributed by atoms with E-state index in [0.717, 1.165) is 16.8 Å². The number of hydroxylamine groups is 2. The van der Waals surface area contributed by atoms with Gasteiger partial charge < -0.3 is 20.6 Å². The van der Waals surface area contributed by atoms with Crippen molar-refractivity contribution < 1.29 is 14.7 Å². The maximum atomic E-state index is 12.1. The normalized spacial score (nSPS) is 12.2. The summed E-state index contributed by atoms with van der Waals surface area (Å²) < 4.78 is 1.57. The van der Waals surface area contributed by atoms with Crippen LogP contribution in [0.2, 0.25) is 0 Å². The third-order valence-electron chi connectivity index (χ3n) is 3.92. The minimum atomic E-state index is -0.638. The van der Waals surface area contributed by atoms with E-state index in [-0.39, 0.29) is 6.03 Å². The molecular weight excluding hydrogens is 322 g/mol. The Morgan fingerprint density at radius 2 is 2.16 bits per heavy atom. The second-order valence-electron chi connectivity index (χ2n) is 5.92. The molecule has 25 heavy (non-hydrogen) atoms.